The van der Waals surface area contributed by atoms with E-state index in [9.17, 15) is 24.5 Å². The minimum atomic E-state index is -1.02. The number of fused-ring (bicyclic) bond motifs is 1. The van der Waals surface area contributed by atoms with Crippen LogP contribution in [0.2, 0.25) is 0 Å². The van der Waals surface area contributed by atoms with Crippen LogP contribution < -0.4 is 9.64 Å². The monoisotopic (exact) mass is 526 g/mol. The largest absolute Gasteiger partial charge is 0.494 e. The number of amides is 3. The fraction of sp³-hybridized carbons (Fsp3) is 0.207. The quantitative estimate of drug-likeness (QED) is 0.195. The van der Waals surface area contributed by atoms with Crippen LogP contribution in [0.4, 0.5) is 11.4 Å². The van der Waals surface area contributed by atoms with Crippen LogP contribution in [-0.4, -0.2) is 51.7 Å². The Morgan fingerprint density at radius 1 is 1.08 bits per heavy atom. The summed E-state index contributed by atoms with van der Waals surface area (Å²) in [5, 5.41) is 12.1. The van der Waals surface area contributed by atoms with Crippen molar-refractivity contribution in [2.24, 2.45) is 0 Å². The highest BCUT2D eigenvalue weighted by Gasteiger charge is 2.44. The van der Waals surface area contributed by atoms with E-state index in [2.05, 4.69) is 4.98 Å². The van der Waals surface area contributed by atoms with Crippen molar-refractivity contribution in [1.29, 1.82) is 0 Å². The van der Waals surface area contributed by atoms with Crippen molar-refractivity contribution < 1.29 is 24.0 Å². The number of nitro groups is 1. The summed E-state index contributed by atoms with van der Waals surface area (Å²) in [5.41, 5.74) is 2.36. The Labute approximate surface area is 223 Å². The van der Waals surface area contributed by atoms with Crippen LogP contribution in [-0.2, 0) is 16.0 Å². The Balaban J connectivity index is 1.44. The van der Waals surface area contributed by atoms with Gasteiger partial charge in [-0.1, -0.05) is 18.2 Å². The van der Waals surface area contributed by atoms with Crippen molar-refractivity contribution in [2.75, 3.05) is 18.1 Å². The Morgan fingerprint density at radius 3 is 2.49 bits per heavy atom. The molecule has 2 heterocycles. The molecule has 10 nitrogen and oxygen atoms in total. The molecule has 1 aromatic heterocycles. The molecule has 4 aromatic rings. The van der Waals surface area contributed by atoms with Crippen molar-refractivity contribution in [3.8, 4) is 5.75 Å². The molecular formula is C29H26N4O6. The van der Waals surface area contributed by atoms with E-state index in [1.807, 2.05) is 37.4 Å². The second kappa shape index (κ2) is 10.8. The van der Waals surface area contributed by atoms with Gasteiger partial charge in [0, 0.05) is 41.3 Å². The maximum absolute atomic E-state index is 13.7. The molecule has 198 valence electrons. The molecule has 1 N–H and O–H groups in total. The molecule has 3 aromatic carbocycles. The van der Waals surface area contributed by atoms with Gasteiger partial charge in [0.05, 0.1) is 23.6 Å². The molecule has 0 aliphatic carbocycles. The maximum atomic E-state index is 13.7. The Kier molecular flexibility index (Phi) is 7.09. The molecule has 1 fully saturated rings. The maximum Gasteiger partial charge on any atom is 0.269 e. The van der Waals surface area contributed by atoms with Gasteiger partial charge in [0.1, 0.15) is 11.8 Å². The van der Waals surface area contributed by atoms with Crippen LogP contribution in [0.5, 0.6) is 5.75 Å². The van der Waals surface area contributed by atoms with E-state index in [-0.39, 0.29) is 24.2 Å². The van der Waals surface area contributed by atoms with Crippen LogP contribution in [0.1, 0.15) is 29.3 Å². The molecule has 1 aliphatic heterocycles. The summed E-state index contributed by atoms with van der Waals surface area (Å²) in [6.45, 7) is 2.51. The first-order valence-electron chi connectivity index (χ1n) is 12.6. The standard InChI is InChI=1S/C29H26N4O6/c1-2-39-23-13-11-21(12-14-23)32-27(34)17-26(29(32)36)31(28(35)19-7-9-22(10-8-19)33(37)38)16-15-20-18-30-25-6-4-3-5-24(20)25/h3-14,18,26,30H,2,15-17H2,1H3. The number of non-ortho nitro benzene ring substituents is 1. The molecule has 39 heavy (non-hydrogen) atoms. The molecule has 3 amide bonds. The molecule has 1 aliphatic rings. The van der Waals surface area contributed by atoms with Gasteiger partial charge in [-0.15, -0.1) is 0 Å². The average molecular weight is 527 g/mol. The Hall–Kier alpha value is -4.99. The third-order valence-electron chi connectivity index (χ3n) is 6.79. The van der Waals surface area contributed by atoms with Crippen molar-refractivity contribution >= 4 is 40.0 Å². The zero-order valence-corrected chi connectivity index (χ0v) is 21.2. The van der Waals surface area contributed by atoms with Gasteiger partial charge in [-0.3, -0.25) is 24.5 Å². The van der Waals surface area contributed by atoms with Gasteiger partial charge < -0.3 is 14.6 Å². The number of carbonyl (C=O) groups excluding carboxylic acids is 3. The summed E-state index contributed by atoms with van der Waals surface area (Å²) in [5.74, 6) is -0.781. The van der Waals surface area contributed by atoms with E-state index in [4.69, 9.17) is 4.74 Å². The third kappa shape index (κ3) is 5.08. The summed E-state index contributed by atoms with van der Waals surface area (Å²) in [6, 6.07) is 18.6. The number of aromatic amines is 1. The first kappa shape index (κ1) is 25.7. The molecule has 0 radical (unpaired) electrons. The smallest absolute Gasteiger partial charge is 0.269 e. The highest BCUT2D eigenvalue weighted by atomic mass is 16.6. The first-order valence-corrected chi connectivity index (χ1v) is 12.6. The van der Waals surface area contributed by atoms with E-state index in [0.717, 1.165) is 21.4 Å². The fourth-order valence-corrected chi connectivity index (χ4v) is 4.86. The minimum Gasteiger partial charge on any atom is -0.494 e. The van der Waals surface area contributed by atoms with Gasteiger partial charge in [-0.25, -0.2) is 4.90 Å². The highest BCUT2D eigenvalue weighted by Crippen LogP contribution is 2.29. The number of rotatable bonds is 9. The number of hydrogen-bond acceptors (Lipinski definition) is 6. The Morgan fingerprint density at radius 2 is 1.79 bits per heavy atom. The molecule has 0 saturated carbocycles. The number of nitro benzene ring substituents is 1. The van der Waals surface area contributed by atoms with E-state index in [0.29, 0.717) is 24.5 Å². The number of nitrogens with one attached hydrogen (secondary N) is 1. The third-order valence-corrected chi connectivity index (χ3v) is 6.79. The molecular weight excluding hydrogens is 500 g/mol. The minimum absolute atomic E-state index is 0.148. The number of benzene rings is 3. The number of imide groups is 1. The lowest BCUT2D eigenvalue weighted by Crippen LogP contribution is -2.46. The lowest BCUT2D eigenvalue weighted by molar-refractivity contribution is -0.384. The van der Waals surface area contributed by atoms with Crippen molar-refractivity contribution in [1.82, 2.24) is 9.88 Å². The SMILES string of the molecule is CCOc1ccc(N2C(=O)CC(N(CCc3c[nH]c4ccccc34)C(=O)c3ccc([N+](=O)[O-])cc3)C2=O)cc1. The van der Waals surface area contributed by atoms with E-state index in [1.165, 1.54) is 29.2 Å². The van der Waals surface area contributed by atoms with Gasteiger partial charge >= 0.3 is 0 Å². The van der Waals surface area contributed by atoms with Crippen molar-refractivity contribution in [3.05, 3.63) is 100 Å². The van der Waals surface area contributed by atoms with E-state index >= 15 is 0 Å². The summed E-state index contributed by atoms with van der Waals surface area (Å²) in [7, 11) is 0. The summed E-state index contributed by atoms with van der Waals surface area (Å²) in [4.78, 5) is 56.6. The summed E-state index contributed by atoms with van der Waals surface area (Å²) < 4.78 is 5.45. The number of anilines is 1. The second-order valence-electron chi connectivity index (χ2n) is 9.13. The van der Waals surface area contributed by atoms with E-state index < -0.39 is 28.7 Å². The number of ether oxygens (including phenoxy) is 1. The molecule has 1 unspecified atom stereocenters. The van der Waals surface area contributed by atoms with Gasteiger partial charge in [-0.05, 0) is 61.4 Å². The predicted octanol–water partition coefficient (Wildman–Crippen LogP) is 4.49. The predicted molar refractivity (Wildman–Crippen MR) is 145 cm³/mol. The van der Waals surface area contributed by atoms with Gasteiger partial charge in [0.25, 0.3) is 17.5 Å². The van der Waals surface area contributed by atoms with Gasteiger partial charge in [0.15, 0.2) is 0 Å². The van der Waals surface area contributed by atoms with Crippen LogP contribution >= 0.6 is 0 Å². The molecule has 10 heteroatoms. The van der Waals surface area contributed by atoms with E-state index in [1.54, 1.807) is 24.3 Å². The van der Waals surface area contributed by atoms with Crippen LogP contribution in [0.25, 0.3) is 10.9 Å². The number of aromatic nitrogens is 1. The number of nitrogens with zero attached hydrogens (tertiary/aromatic N) is 3. The highest BCUT2D eigenvalue weighted by molar-refractivity contribution is 6.23. The van der Waals surface area contributed by atoms with Gasteiger partial charge in [-0.2, -0.15) is 0 Å². The molecule has 0 spiro atoms. The number of para-hydroxylation sites is 1. The topological polar surface area (TPSA) is 126 Å². The first-order chi connectivity index (χ1) is 18.9. The number of hydrogen-bond donors (Lipinski definition) is 1. The van der Waals surface area contributed by atoms with Crippen molar-refractivity contribution in [3.63, 3.8) is 0 Å². The van der Waals surface area contributed by atoms with Crippen LogP contribution in [0.3, 0.4) is 0 Å². The molecule has 0 bridgehead atoms. The zero-order valence-electron chi connectivity index (χ0n) is 21.2. The normalized spacial score (nSPS) is 15.1. The van der Waals surface area contributed by atoms with Crippen LogP contribution in [0.15, 0.2) is 79.0 Å². The summed E-state index contributed by atoms with van der Waals surface area (Å²) >= 11 is 0. The fourth-order valence-electron chi connectivity index (χ4n) is 4.86. The summed E-state index contributed by atoms with van der Waals surface area (Å²) in [6.07, 6.45) is 2.13. The second-order valence-corrected chi connectivity index (χ2v) is 9.13. The van der Waals surface area contributed by atoms with Crippen LogP contribution in [0, 0.1) is 10.1 Å². The molecule has 1 saturated heterocycles. The Bertz CT molecular complexity index is 1540. The lowest BCUT2D eigenvalue weighted by Gasteiger charge is -2.28. The number of carbonyl (C=O) groups is 3. The van der Waals surface area contributed by atoms with Crippen molar-refractivity contribution in [2.45, 2.75) is 25.8 Å². The molecule has 1 atom stereocenters. The van der Waals surface area contributed by atoms with Gasteiger partial charge in [0.2, 0.25) is 5.91 Å². The molecule has 5 rings (SSSR count). The lowest BCUT2D eigenvalue weighted by atomic mass is 10.1. The zero-order chi connectivity index (χ0) is 27.5. The number of H-pyrrole nitrogens is 1. The average Bonchev–Trinajstić information content (AvgIpc) is 3.49.